The van der Waals surface area contributed by atoms with Crippen molar-refractivity contribution in [3.8, 4) is 5.82 Å². The molecule has 1 saturated heterocycles. The zero-order valence-electron chi connectivity index (χ0n) is 12.2. The monoisotopic (exact) mass is 311 g/mol. The number of nitrogens with zero attached hydrogens (tertiary/aromatic N) is 7. The van der Waals surface area contributed by atoms with Gasteiger partial charge >= 0.3 is 5.69 Å². The molecular weight excluding hydrogens is 298 g/mol. The van der Waals surface area contributed by atoms with E-state index in [0.717, 1.165) is 25.9 Å². The van der Waals surface area contributed by atoms with Gasteiger partial charge in [-0.25, -0.2) is 9.97 Å². The number of anilines is 1. The highest BCUT2D eigenvalue weighted by Crippen LogP contribution is 2.33. The molecule has 0 amide bonds. The summed E-state index contributed by atoms with van der Waals surface area (Å²) < 4.78 is 1.40. The number of para-hydroxylation sites is 1. The fourth-order valence-corrected chi connectivity index (χ4v) is 2.86. The lowest BCUT2D eigenvalue weighted by atomic mass is 10.3. The molecule has 0 bridgehead atoms. The third-order valence-electron chi connectivity index (χ3n) is 3.92. The second-order valence-corrected chi connectivity index (χ2v) is 5.31. The van der Waals surface area contributed by atoms with Crippen molar-refractivity contribution in [3.63, 3.8) is 0 Å². The van der Waals surface area contributed by atoms with E-state index in [1.807, 2.05) is 17.0 Å². The van der Waals surface area contributed by atoms with E-state index in [0.29, 0.717) is 16.9 Å². The molecule has 0 N–H and O–H groups in total. The Morgan fingerprint density at radius 2 is 1.83 bits per heavy atom. The Kier molecular flexibility index (Phi) is 3.11. The number of fused-ring (bicyclic) bond motifs is 1. The van der Waals surface area contributed by atoms with Gasteiger partial charge in [0, 0.05) is 13.1 Å². The smallest absolute Gasteiger partial charge is 0.351 e. The summed E-state index contributed by atoms with van der Waals surface area (Å²) in [5, 5.41) is 19.7. The van der Waals surface area contributed by atoms with Gasteiger partial charge in [0.25, 0.3) is 0 Å². The van der Waals surface area contributed by atoms with E-state index in [4.69, 9.17) is 0 Å². The third kappa shape index (κ3) is 2.17. The third-order valence-corrected chi connectivity index (χ3v) is 3.92. The van der Waals surface area contributed by atoms with Crippen molar-refractivity contribution in [1.29, 1.82) is 0 Å². The Morgan fingerprint density at radius 3 is 2.61 bits per heavy atom. The summed E-state index contributed by atoms with van der Waals surface area (Å²) >= 11 is 0. The average Bonchev–Trinajstić information content (AvgIpc) is 3.23. The zero-order valence-corrected chi connectivity index (χ0v) is 12.2. The first kappa shape index (κ1) is 13.6. The lowest BCUT2D eigenvalue weighted by molar-refractivity contribution is -0.384. The van der Waals surface area contributed by atoms with Crippen LogP contribution in [0.25, 0.3) is 16.9 Å². The molecule has 4 rings (SSSR count). The summed E-state index contributed by atoms with van der Waals surface area (Å²) in [4.78, 5) is 21.4. The molecule has 0 radical (unpaired) electrons. The second kappa shape index (κ2) is 5.27. The SMILES string of the molecule is O=[N+]([O-])c1c(N2CCCC2)ncnc1-n1nnc2ccccc21. The molecule has 0 spiro atoms. The summed E-state index contributed by atoms with van der Waals surface area (Å²) in [6, 6.07) is 7.27. The second-order valence-electron chi connectivity index (χ2n) is 5.31. The number of hydrogen-bond acceptors (Lipinski definition) is 7. The van der Waals surface area contributed by atoms with Crippen LogP contribution < -0.4 is 4.90 Å². The Hall–Kier alpha value is -3.10. The highest BCUT2D eigenvalue weighted by atomic mass is 16.6. The Labute approximate surface area is 130 Å². The largest absolute Gasteiger partial charge is 0.355 e. The number of aromatic nitrogens is 5. The summed E-state index contributed by atoms with van der Waals surface area (Å²) in [6.45, 7) is 1.52. The molecule has 3 heterocycles. The van der Waals surface area contributed by atoms with Gasteiger partial charge in [0.1, 0.15) is 11.8 Å². The Morgan fingerprint density at radius 1 is 1.09 bits per heavy atom. The minimum Gasteiger partial charge on any atom is -0.351 e. The van der Waals surface area contributed by atoms with Crippen LogP contribution in [0.15, 0.2) is 30.6 Å². The molecule has 2 aromatic heterocycles. The molecule has 0 unspecified atom stereocenters. The maximum Gasteiger partial charge on any atom is 0.355 e. The first-order valence-corrected chi connectivity index (χ1v) is 7.31. The van der Waals surface area contributed by atoms with E-state index in [9.17, 15) is 10.1 Å². The standard InChI is InChI=1S/C14H13N7O2/c22-21(23)12-13(19-7-3-4-8-19)15-9-16-14(12)20-11-6-2-1-5-10(11)17-18-20/h1-2,5-6,9H,3-4,7-8H2. The highest BCUT2D eigenvalue weighted by Gasteiger charge is 2.30. The van der Waals surface area contributed by atoms with Crippen molar-refractivity contribution in [2.75, 3.05) is 18.0 Å². The van der Waals surface area contributed by atoms with Gasteiger partial charge in [-0.3, -0.25) is 10.1 Å². The first-order chi connectivity index (χ1) is 11.3. The molecule has 1 aliphatic rings. The van der Waals surface area contributed by atoms with Crippen LogP contribution in [0.4, 0.5) is 11.5 Å². The van der Waals surface area contributed by atoms with Gasteiger partial charge in [-0.05, 0) is 25.0 Å². The molecule has 23 heavy (non-hydrogen) atoms. The molecule has 1 fully saturated rings. The fraction of sp³-hybridized carbons (Fsp3) is 0.286. The van der Waals surface area contributed by atoms with Crippen LogP contribution in [0.1, 0.15) is 12.8 Å². The summed E-state index contributed by atoms with van der Waals surface area (Å²) in [6.07, 6.45) is 3.35. The maximum absolute atomic E-state index is 11.7. The molecule has 0 aliphatic carbocycles. The first-order valence-electron chi connectivity index (χ1n) is 7.31. The van der Waals surface area contributed by atoms with Crippen molar-refractivity contribution in [2.45, 2.75) is 12.8 Å². The molecule has 0 atom stereocenters. The van der Waals surface area contributed by atoms with Crippen molar-refractivity contribution >= 4 is 22.5 Å². The van der Waals surface area contributed by atoms with E-state index in [1.165, 1.54) is 11.0 Å². The predicted molar refractivity (Wildman–Crippen MR) is 82.6 cm³/mol. The summed E-state index contributed by atoms with van der Waals surface area (Å²) in [5.41, 5.74) is 1.19. The van der Waals surface area contributed by atoms with Crippen LogP contribution in [0.3, 0.4) is 0 Å². The van der Waals surface area contributed by atoms with Crippen LogP contribution in [0, 0.1) is 10.1 Å². The molecular formula is C14H13N7O2. The molecule has 0 saturated carbocycles. The number of hydrogen-bond donors (Lipinski definition) is 0. The van der Waals surface area contributed by atoms with E-state index in [1.54, 1.807) is 12.1 Å². The Bertz CT molecular complexity index is 886. The quantitative estimate of drug-likeness (QED) is 0.536. The van der Waals surface area contributed by atoms with Crippen molar-refractivity contribution in [1.82, 2.24) is 25.0 Å². The average molecular weight is 311 g/mol. The van der Waals surface area contributed by atoms with Crippen LogP contribution in [-0.4, -0.2) is 43.0 Å². The lowest BCUT2D eigenvalue weighted by Crippen LogP contribution is -2.21. The molecule has 3 aromatic rings. The zero-order chi connectivity index (χ0) is 15.8. The summed E-state index contributed by atoms with van der Waals surface area (Å²) in [7, 11) is 0. The predicted octanol–water partition coefficient (Wildman–Crippen LogP) is 1.72. The van der Waals surface area contributed by atoms with Crippen LogP contribution in [0.5, 0.6) is 0 Å². The van der Waals surface area contributed by atoms with Gasteiger partial charge < -0.3 is 4.90 Å². The van der Waals surface area contributed by atoms with E-state index in [-0.39, 0.29) is 11.5 Å². The van der Waals surface area contributed by atoms with Crippen molar-refractivity contribution in [2.24, 2.45) is 0 Å². The maximum atomic E-state index is 11.7. The van der Waals surface area contributed by atoms with E-state index < -0.39 is 4.92 Å². The minimum absolute atomic E-state index is 0.134. The molecule has 116 valence electrons. The fourth-order valence-electron chi connectivity index (χ4n) is 2.86. The summed E-state index contributed by atoms with van der Waals surface area (Å²) in [5.74, 6) is 0.484. The number of benzene rings is 1. The van der Waals surface area contributed by atoms with E-state index in [2.05, 4.69) is 20.3 Å². The van der Waals surface area contributed by atoms with Gasteiger partial charge in [0.15, 0.2) is 0 Å². The molecule has 1 aromatic carbocycles. The van der Waals surface area contributed by atoms with Crippen LogP contribution >= 0.6 is 0 Å². The van der Waals surface area contributed by atoms with Gasteiger partial charge in [-0.1, -0.05) is 17.3 Å². The topological polar surface area (TPSA) is 103 Å². The minimum atomic E-state index is -0.445. The van der Waals surface area contributed by atoms with Crippen LogP contribution in [0.2, 0.25) is 0 Å². The molecule has 9 nitrogen and oxygen atoms in total. The normalized spacial score (nSPS) is 14.5. The van der Waals surface area contributed by atoms with Gasteiger partial charge in [-0.15, -0.1) is 5.10 Å². The van der Waals surface area contributed by atoms with Crippen molar-refractivity contribution < 1.29 is 4.92 Å². The van der Waals surface area contributed by atoms with Gasteiger partial charge in [0.05, 0.1) is 10.4 Å². The lowest BCUT2D eigenvalue weighted by Gasteiger charge is -2.16. The number of rotatable bonds is 3. The Balaban J connectivity index is 1.94. The molecule has 1 aliphatic heterocycles. The van der Waals surface area contributed by atoms with E-state index >= 15 is 0 Å². The van der Waals surface area contributed by atoms with Gasteiger partial charge in [0.2, 0.25) is 11.6 Å². The molecule has 9 heteroatoms. The van der Waals surface area contributed by atoms with Crippen molar-refractivity contribution in [3.05, 3.63) is 40.7 Å². The van der Waals surface area contributed by atoms with Crippen LogP contribution in [-0.2, 0) is 0 Å². The van der Waals surface area contributed by atoms with Gasteiger partial charge in [-0.2, -0.15) is 4.68 Å². The highest BCUT2D eigenvalue weighted by molar-refractivity contribution is 5.77. The number of nitro groups is 1.